The van der Waals surface area contributed by atoms with Crippen LogP contribution in [0.15, 0.2) is 6.58 Å². The van der Waals surface area contributed by atoms with Crippen molar-refractivity contribution in [1.29, 1.82) is 0 Å². The molecule has 0 aromatic heterocycles. The molecule has 0 aromatic rings. The topological polar surface area (TPSA) is 0 Å². The van der Waals surface area contributed by atoms with Gasteiger partial charge in [0.25, 0.3) is 6.18 Å². The third kappa shape index (κ3) is 12.4. The predicted molar refractivity (Wildman–Crippen MR) is 14.9 cm³/mol. The van der Waals surface area contributed by atoms with Crippen LogP contribution in [-0.2, 0) is 0 Å². The van der Waals surface area contributed by atoms with Gasteiger partial charge < -0.3 is 6.08 Å². The summed E-state index contributed by atoms with van der Waals surface area (Å²) in [5.41, 5.74) is 0. The van der Waals surface area contributed by atoms with E-state index in [1.165, 1.54) is 0 Å². The zero-order chi connectivity index (χ0) is 5.21. The second-order valence-corrected chi connectivity index (χ2v) is 0.675. The molecule has 0 aliphatic rings. The van der Waals surface area contributed by atoms with Gasteiger partial charge in [-0.05, 0) is 0 Å². The fourth-order valence-corrected chi connectivity index (χ4v) is 0. The summed E-state index contributed by atoms with van der Waals surface area (Å²) in [4.78, 5) is 0. The second-order valence-electron chi connectivity index (χ2n) is 0.675. The third-order valence-corrected chi connectivity index (χ3v) is 0.200. The van der Waals surface area contributed by atoms with Crippen LogP contribution < -0.4 is 0 Å². The summed E-state index contributed by atoms with van der Waals surface area (Å²) < 4.78 is 31.8. The minimum atomic E-state index is -4.32. The Morgan fingerprint density at radius 2 is 1.43 bits per heavy atom. The number of alkyl halides is 3. The first-order valence-electron chi connectivity index (χ1n) is 1.17. The molecule has 0 rings (SSSR count). The summed E-state index contributed by atoms with van der Waals surface area (Å²) in [6, 6.07) is 0. The monoisotopic (exact) mass is 362 g/mol. The van der Waals surface area contributed by atoms with Crippen LogP contribution in [-0.4, -0.2) is 6.18 Å². The van der Waals surface area contributed by atoms with Crippen molar-refractivity contribution < 1.29 is 13.2 Å². The molecular formula is C3H2F3Rf-. The number of allylic oxidation sites excluding steroid dienone is 1. The van der Waals surface area contributed by atoms with Crippen molar-refractivity contribution in [3.63, 3.8) is 0 Å². The molecule has 0 aliphatic carbocycles. The molecule has 38 valence electrons. The summed E-state index contributed by atoms with van der Waals surface area (Å²) in [6.07, 6.45) is -3.47. The Morgan fingerprint density at radius 1 is 1.29 bits per heavy atom. The third-order valence-electron chi connectivity index (χ3n) is 0.200. The van der Waals surface area contributed by atoms with Gasteiger partial charge in [0, 0.05) is 0 Å². The van der Waals surface area contributed by atoms with Gasteiger partial charge in [-0.25, -0.2) is 13.2 Å². The van der Waals surface area contributed by atoms with Crippen molar-refractivity contribution in [2.75, 3.05) is 0 Å². The zero-order valence-corrected chi connectivity index (χ0v) is 9.95. The van der Waals surface area contributed by atoms with E-state index >= 15 is 0 Å². The van der Waals surface area contributed by atoms with Crippen LogP contribution in [0.4, 0.5) is 13.2 Å². The molecule has 0 atom stereocenters. The molecule has 0 unspecified atom stereocenters. The molecule has 4 heteroatoms. The van der Waals surface area contributed by atoms with Gasteiger partial charge in [-0.15, -0.1) is 0 Å². The minimum absolute atomic E-state index is 0. The number of hydrogen-bond donors (Lipinski definition) is 0. The molecule has 0 radical (unpaired) electrons. The first-order chi connectivity index (χ1) is 2.56. The quantitative estimate of drug-likeness (QED) is 0.574. The number of hydrogen-bond acceptors (Lipinski definition) is 0. The molecule has 0 spiro atoms. The van der Waals surface area contributed by atoms with E-state index in [1.807, 2.05) is 0 Å². The SMILES string of the molecule is C=[C-]C(F)(F)F.[Rf]. The maximum Gasteiger partial charge on any atom is 0.265 e. The van der Waals surface area contributed by atoms with Crippen LogP contribution in [0.2, 0.25) is 0 Å². The van der Waals surface area contributed by atoms with Crippen LogP contribution in [0.1, 0.15) is 0 Å². The number of rotatable bonds is 0. The Hall–Kier alpha value is -1.47. The molecule has 0 nitrogen and oxygen atoms in total. The van der Waals surface area contributed by atoms with E-state index < -0.39 is 6.18 Å². The van der Waals surface area contributed by atoms with Crippen molar-refractivity contribution in [2.45, 2.75) is 6.18 Å². The fourth-order valence-electron chi connectivity index (χ4n) is 0. The van der Waals surface area contributed by atoms with Gasteiger partial charge >= 0.3 is 0 Å². The molecule has 0 aromatic carbocycles. The standard InChI is InChI=1S/C3H2F3.Rf/c1-2-3(4,5)6;/h1H2;/q-1;. The molecule has 7 heavy (non-hydrogen) atoms. The second kappa shape index (κ2) is 1.85. The summed E-state index contributed by atoms with van der Waals surface area (Å²) in [7, 11) is 0. The smallest absolute Gasteiger partial charge is 0.265 e. The van der Waals surface area contributed by atoms with Gasteiger partial charge in [0.2, 0.25) is 0 Å². The normalized spacial score (nSPS) is 9.57. The average molecular weight is 362 g/mol. The van der Waals surface area contributed by atoms with E-state index in [9.17, 15) is 13.2 Å². The van der Waals surface area contributed by atoms with Gasteiger partial charge in [0.05, 0.1) is 0 Å². The first-order valence-corrected chi connectivity index (χ1v) is 1.17. The Balaban J connectivity index is 0. The van der Waals surface area contributed by atoms with Gasteiger partial charge in [-0.2, -0.15) is 0 Å². The van der Waals surface area contributed by atoms with E-state index in [0.29, 0.717) is 0 Å². The molecule has 0 bridgehead atoms. The number of halogens is 3. The van der Waals surface area contributed by atoms with Crippen molar-refractivity contribution in [3.8, 4) is 0 Å². The Bertz CT molecular complexity index is 55.7. The van der Waals surface area contributed by atoms with Crippen LogP contribution >= 0.6 is 0 Å². The molecule has 0 aliphatic heterocycles. The van der Waals surface area contributed by atoms with Crippen molar-refractivity contribution in [3.05, 3.63) is 12.7 Å². The first kappa shape index (κ1) is 9.11. The Kier molecular flexibility index (Phi) is 2.40. The summed E-state index contributed by atoms with van der Waals surface area (Å²) in [6.45, 7) is 2.38. The van der Waals surface area contributed by atoms with Crippen LogP contribution in [0.3, 0.4) is 0 Å². The summed E-state index contributed by atoms with van der Waals surface area (Å²) in [5.74, 6) is 0. The average Bonchev–Trinajstić information content (AvgIpc) is 1.35. The van der Waals surface area contributed by atoms with E-state index in [-0.39, 0.29) is 0 Å². The van der Waals surface area contributed by atoms with Crippen molar-refractivity contribution in [2.24, 2.45) is 0 Å². The molecule has 0 N–H and O–H groups in total. The van der Waals surface area contributed by atoms with E-state index in [4.69, 9.17) is 0 Å². The van der Waals surface area contributed by atoms with Gasteiger partial charge in [0.15, 0.2) is 0 Å². The van der Waals surface area contributed by atoms with Crippen molar-refractivity contribution >= 4 is 0 Å². The van der Waals surface area contributed by atoms with Gasteiger partial charge in [0.1, 0.15) is 0 Å². The summed E-state index contributed by atoms with van der Waals surface area (Å²) >= 11 is 0. The van der Waals surface area contributed by atoms with Gasteiger partial charge in [-0.3, -0.25) is 6.58 Å². The zero-order valence-electron chi connectivity index (χ0n) is 3.55. The predicted octanol–water partition coefficient (Wildman–Crippen LogP) is 1.54. The fraction of sp³-hybridized carbons (Fsp3) is 0.333. The van der Waals surface area contributed by atoms with Crippen LogP contribution in [0.5, 0.6) is 0 Å². The maximum atomic E-state index is 10.6. The Labute approximate surface area is 33.3 Å². The van der Waals surface area contributed by atoms with E-state index in [1.54, 1.807) is 0 Å². The molecule has 0 saturated carbocycles. The Morgan fingerprint density at radius 3 is 1.43 bits per heavy atom. The minimum Gasteiger partial charge on any atom is -0.396 e. The maximum absolute atomic E-state index is 10.6. The van der Waals surface area contributed by atoms with Crippen LogP contribution in [0.25, 0.3) is 0 Å². The van der Waals surface area contributed by atoms with E-state index in [0.717, 1.165) is 6.08 Å². The molecule has 0 amide bonds. The molecule has 0 fully saturated rings. The largest absolute Gasteiger partial charge is 0.396 e. The van der Waals surface area contributed by atoms with Gasteiger partial charge in [-0.1, -0.05) is 0 Å². The van der Waals surface area contributed by atoms with E-state index in [2.05, 4.69) is 6.58 Å². The molecule has 0 heterocycles. The molecule has 0 saturated heterocycles. The summed E-state index contributed by atoms with van der Waals surface area (Å²) in [5, 5.41) is 0. The van der Waals surface area contributed by atoms with Crippen molar-refractivity contribution in [1.82, 2.24) is 0 Å². The molecular weight excluding hydrogens is 360 g/mol. The van der Waals surface area contributed by atoms with Crippen LogP contribution in [0, 0.1) is 6.08 Å².